The molecule has 0 spiro atoms. The minimum atomic E-state index is 0.355. The van der Waals surface area contributed by atoms with E-state index in [1.165, 1.54) is 29.7 Å². The Morgan fingerprint density at radius 1 is 1.53 bits per heavy atom. The van der Waals surface area contributed by atoms with Crippen molar-refractivity contribution >= 4 is 11.3 Å². The molecule has 17 heavy (non-hydrogen) atoms. The second kappa shape index (κ2) is 5.98. The fourth-order valence-corrected chi connectivity index (χ4v) is 3.53. The highest BCUT2D eigenvalue weighted by Gasteiger charge is 2.31. The number of thiophene rings is 1. The second-order valence-electron chi connectivity index (χ2n) is 4.96. The number of hydrogen-bond acceptors (Lipinski definition) is 3. The monoisotopic (exact) mass is 253 g/mol. The van der Waals surface area contributed by atoms with Crippen LogP contribution in [-0.4, -0.2) is 18.8 Å². The normalized spacial score (nSPS) is 26.3. The van der Waals surface area contributed by atoms with Crippen LogP contribution in [0.3, 0.4) is 0 Å². The van der Waals surface area contributed by atoms with E-state index in [1.54, 1.807) is 0 Å². The van der Waals surface area contributed by atoms with Gasteiger partial charge in [-0.05, 0) is 56.7 Å². The lowest BCUT2D eigenvalue weighted by Crippen LogP contribution is -2.32. The highest BCUT2D eigenvalue weighted by atomic mass is 32.1. The first-order valence-corrected chi connectivity index (χ1v) is 7.53. The van der Waals surface area contributed by atoms with Gasteiger partial charge in [0.25, 0.3) is 0 Å². The van der Waals surface area contributed by atoms with Gasteiger partial charge in [-0.3, -0.25) is 0 Å². The number of nitrogens with one attached hydrogen (secondary N) is 1. The maximum atomic E-state index is 6.04. The van der Waals surface area contributed by atoms with Crippen LogP contribution in [0.2, 0.25) is 0 Å². The van der Waals surface area contributed by atoms with Gasteiger partial charge in [0.05, 0.1) is 18.2 Å². The van der Waals surface area contributed by atoms with E-state index in [0.717, 1.165) is 6.54 Å². The van der Waals surface area contributed by atoms with E-state index >= 15 is 0 Å². The summed E-state index contributed by atoms with van der Waals surface area (Å²) in [6, 6.07) is 2.60. The molecule has 0 aliphatic carbocycles. The Balaban J connectivity index is 2.10. The van der Waals surface area contributed by atoms with E-state index in [2.05, 4.69) is 37.5 Å². The van der Waals surface area contributed by atoms with Crippen LogP contribution in [-0.2, 0) is 4.74 Å². The van der Waals surface area contributed by atoms with Gasteiger partial charge in [0, 0.05) is 4.88 Å². The lowest BCUT2D eigenvalue weighted by atomic mass is 10.0. The predicted octanol–water partition coefficient (Wildman–Crippen LogP) is 3.66. The van der Waals surface area contributed by atoms with Gasteiger partial charge in [-0.2, -0.15) is 0 Å². The van der Waals surface area contributed by atoms with E-state index in [9.17, 15) is 0 Å². The van der Waals surface area contributed by atoms with E-state index < -0.39 is 0 Å². The minimum absolute atomic E-state index is 0.355. The Bertz CT molecular complexity index is 350. The van der Waals surface area contributed by atoms with Gasteiger partial charge >= 0.3 is 0 Å². The summed E-state index contributed by atoms with van der Waals surface area (Å²) in [4.78, 5) is 1.46. The Kier molecular flexibility index (Phi) is 4.60. The average Bonchev–Trinajstić information content (AvgIpc) is 2.90. The Hall–Kier alpha value is -0.380. The number of rotatable bonds is 5. The van der Waals surface area contributed by atoms with E-state index in [-0.39, 0.29) is 0 Å². The number of hydrogen-bond donors (Lipinski definition) is 1. The standard InChI is InChI=1S/C14H23NOS/c1-4-8-15-13(12-6-5-11(3)16-12)14-10(2)7-9-17-14/h7,9,11-13,15H,4-6,8H2,1-3H3. The zero-order valence-corrected chi connectivity index (χ0v) is 11.8. The zero-order valence-electron chi connectivity index (χ0n) is 11.0. The van der Waals surface area contributed by atoms with Crippen LogP contribution in [0.1, 0.15) is 49.6 Å². The Labute approximate surface area is 108 Å². The molecule has 2 rings (SSSR count). The number of ether oxygens (including phenoxy) is 1. The van der Waals surface area contributed by atoms with Crippen molar-refractivity contribution in [3.63, 3.8) is 0 Å². The third-order valence-corrected chi connectivity index (χ3v) is 4.54. The highest BCUT2D eigenvalue weighted by molar-refractivity contribution is 7.10. The minimum Gasteiger partial charge on any atom is -0.373 e. The fraction of sp³-hybridized carbons (Fsp3) is 0.714. The summed E-state index contributed by atoms with van der Waals surface area (Å²) in [5.74, 6) is 0. The van der Waals surface area contributed by atoms with Crippen molar-refractivity contribution in [3.05, 3.63) is 21.9 Å². The molecule has 2 heterocycles. The van der Waals surface area contributed by atoms with Gasteiger partial charge in [-0.1, -0.05) is 6.92 Å². The smallest absolute Gasteiger partial charge is 0.0782 e. The first-order valence-electron chi connectivity index (χ1n) is 6.65. The van der Waals surface area contributed by atoms with Crippen molar-refractivity contribution in [3.8, 4) is 0 Å². The molecular weight excluding hydrogens is 230 g/mol. The molecule has 3 atom stereocenters. The topological polar surface area (TPSA) is 21.3 Å². The zero-order chi connectivity index (χ0) is 12.3. The van der Waals surface area contributed by atoms with Crippen LogP contribution in [0.15, 0.2) is 11.4 Å². The van der Waals surface area contributed by atoms with Gasteiger partial charge in [-0.15, -0.1) is 11.3 Å². The third-order valence-electron chi connectivity index (χ3n) is 3.44. The molecular formula is C14H23NOS. The maximum absolute atomic E-state index is 6.04. The summed E-state index contributed by atoms with van der Waals surface area (Å²) in [6.07, 6.45) is 4.32. The molecule has 0 amide bonds. The molecule has 0 radical (unpaired) electrons. The van der Waals surface area contributed by atoms with Crippen LogP contribution in [0.4, 0.5) is 0 Å². The lowest BCUT2D eigenvalue weighted by Gasteiger charge is -2.24. The molecule has 3 unspecified atom stereocenters. The van der Waals surface area contributed by atoms with Crippen LogP contribution < -0.4 is 5.32 Å². The molecule has 1 aromatic rings. The third kappa shape index (κ3) is 3.09. The summed E-state index contributed by atoms with van der Waals surface area (Å²) in [5.41, 5.74) is 1.40. The van der Waals surface area contributed by atoms with Crippen LogP contribution >= 0.6 is 11.3 Å². The van der Waals surface area contributed by atoms with Crippen molar-refractivity contribution in [2.24, 2.45) is 0 Å². The SMILES string of the molecule is CCCNC(c1sccc1C)C1CCC(C)O1. The molecule has 0 aromatic carbocycles. The van der Waals surface area contributed by atoms with E-state index in [4.69, 9.17) is 4.74 Å². The molecule has 3 heteroatoms. The summed E-state index contributed by atoms with van der Waals surface area (Å²) < 4.78 is 6.04. The van der Waals surface area contributed by atoms with Crippen molar-refractivity contribution in [2.45, 2.75) is 58.3 Å². The summed E-state index contributed by atoms with van der Waals surface area (Å²) >= 11 is 1.85. The van der Waals surface area contributed by atoms with E-state index in [0.29, 0.717) is 18.2 Å². The summed E-state index contributed by atoms with van der Waals surface area (Å²) in [5, 5.41) is 5.84. The molecule has 2 nitrogen and oxygen atoms in total. The van der Waals surface area contributed by atoms with Gasteiger partial charge < -0.3 is 10.1 Å². The molecule has 1 aromatic heterocycles. The molecule has 1 N–H and O–H groups in total. The maximum Gasteiger partial charge on any atom is 0.0782 e. The molecule has 1 aliphatic heterocycles. The van der Waals surface area contributed by atoms with E-state index in [1.807, 2.05) is 11.3 Å². The van der Waals surface area contributed by atoms with Gasteiger partial charge in [-0.25, -0.2) is 0 Å². The summed E-state index contributed by atoms with van der Waals surface area (Å²) in [6.45, 7) is 7.66. The van der Waals surface area contributed by atoms with Crippen molar-refractivity contribution < 1.29 is 4.74 Å². The Morgan fingerprint density at radius 2 is 2.35 bits per heavy atom. The largest absolute Gasteiger partial charge is 0.373 e. The first-order chi connectivity index (χ1) is 8.22. The first kappa shape index (κ1) is 13.1. The van der Waals surface area contributed by atoms with Gasteiger partial charge in [0.15, 0.2) is 0 Å². The molecule has 96 valence electrons. The van der Waals surface area contributed by atoms with Gasteiger partial charge in [0.2, 0.25) is 0 Å². The quantitative estimate of drug-likeness (QED) is 0.864. The summed E-state index contributed by atoms with van der Waals surface area (Å²) in [7, 11) is 0. The van der Waals surface area contributed by atoms with Gasteiger partial charge in [0.1, 0.15) is 0 Å². The predicted molar refractivity (Wildman–Crippen MR) is 73.7 cm³/mol. The van der Waals surface area contributed by atoms with Crippen LogP contribution in [0.5, 0.6) is 0 Å². The average molecular weight is 253 g/mol. The second-order valence-corrected chi connectivity index (χ2v) is 5.91. The lowest BCUT2D eigenvalue weighted by molar-refractivity contribution is 0.0323. The van der Waals surface area contributed by atoms with Crippen molar-refractivity contribution in [1.29, 1.82) is 0 Å². The molecule has 1 fully saturated rings. The molecule has 0 saturated carbocycles. The molecule has 1 aliphatic rings. The molecule has 0 bridgehead atoms. The van der Waals surface area contributed by atoms with Crippen molar-refractivity contribution in [1.82, 2.24) is 5.32 Å². The highest BCUT2D eigenvalue weighted by Crippen LogP contribution is 2.34. The number of aryl methyl sites for hydroxylation is 1. The Morgan fingerprint density at radius 3 is 2.88 bits per heavy atom. The van der Waals surface area contributed by atoms with Crippen LogP contribution in [0.25, 0.3) is 0 Å². The fourth-order valence-electron chi connectivity index (χ4n) is 2.47. The molecule has 1 saturated heterocycles. The van der Waals surface area contributed by atoms with Crippen molar-refractivity contribution in [2.75, 3.05) is 6.54 Å². The van der Waals surface area contributed by atoms with Crippen LogP contribution in [0, 0.1) is 6.92 Å².